The second kappa shape index (κ2) is 11.2. The third kappa shape index (κ3) is 5.33. The number of thiophene rings is 1. The van der Waals surface area contributed by atoms with Gasteiger partial charge in [0.15, 0.2) is 5.65 Å². The molecule has 0 aliphatic heterocycles. The Kier molecular flexibility index (Phi) is 7.28. The number of nitrogens with zero attached hydrogens (tertiary/aromatic N) is 3. The van der Waals surface area contributed by atoms with E-state index in [1.807, 2.05) is 31.6 Å². The van der Waals surface area contributed by atoms with Crippen LogP contribution in [-0.2, 0) is 0 Å². The van der Waals surface area contributed by atoms with Gasteiger partial charge in [-0.2, -0.15) is 5.10 Å². The lowest BCUT2D eigenvalue weighted by Gasteiger charge is -2.15. The highest BCUT2D eigenvalue weighted by atomic mass is 32.1. The summed E-state index contributed by atoms with van der Waals surface area (Å²) in [5.74, 6) is 0.536. The zero-order valence-corrected chi connectivity index (χ0v) is 24.4. The SMILES string of the molecule is C=C/C=C(/c1ccc(C(=C)C)s1)c1cc(-c2[nH]nc3ncc(-c4cncc(NC(=C)C5CCCC5)c4)cc23)[nH]c1C. The van der Waals surface area contributed by atoms with E-state index in [0.717, 1.165) is 61.7 Å². The molecule has 0 radical (unpaired) electrons. The number of allylic oxidation sites excluding steroid dienone is 4. The maximum absolute atomic E-state index is 4.66. The van der Waals surface area contributed by atoms with Crippen molar-refractivity contribution < 1.29 is 0 Å². The Bertz CT molecular complexity index is 1810. The molecule has 0 amide bonds. The molecule has 6 rings (SSSR count). The van der Waals surface area contributed by atoms with Gasteiger partial charge in [0.05, 0.1) is 23.3 Å². The highest BCUT2D eigenvalue weighted by Crippen LogP contribution is 2.37. The molecule has 0 aromatic carbocycles. The van der Waals surface area contributed by atoms with Crippen molar-refractivity contribution >= 4 is 39.2 Å². The highest BCUT2D eigenvalue weighted by Gasteiger charge is 2.19. The van der Waals surface area contributed by atoms with E-state index in [2.05, 4.69) is 93.5 Å². The van der Waals surface area contributed by atoms with Crippen LogP contribution in [0.25, 0.3) is 44.7 Å². The van der Waals surface area contributed by atoms with Crippen LogP contribution < -0.4 is 5.32 Å². The Morgan fingerprint density at radius 3 is 2.59 bits per heavy atom. The van der Waals surface area contributed by atoms with Gasteiger partial charge in [-0.25, -0.2) is 4.98 Å². The summed E-state index contributed by atoms with van der Waals surface area (Å²) in [6.07, 6.45) is 14.4. The van der Waals surface area contributed by atoms with Crippen molar-refractivity contribution in [3.63, 3.8) is 0 Å². The van der Waals surface area contributed by atoms with E-state index in [4.69, 9.17) is 0 Å². The molecule has 3 N–H and O–H groups in total. The molecule has 0 bridgehead atoms. The van der Waals surface area contributed by atoms with Crippen molar-refractivity contribution in [3.8, 4) is 22.5 Å². The summed E-state index contributed by atoms with van der Waals surface area (Å²) in [7, 11) is 0. The lowest BCUT2D eigenvalue weighted by Crippen LogP contribution is -2.07. The predicted octanol–water partition coefficient (Wildman–Crippen LogP) is 9.15. The first-order valence-corrected chi connectivity index (χ1v) is 14.8. The van der Waals surface area contributed by atoms with Gasteiger partial charge < -0.3 is 10.3 Å². The average Bonchev–Trinajstić information content (AvgIpc) is 3.78. The summed E-state index contributed by atoms with van der Waals surface area (Å²) in [5.41, 5.74) is 10.9. The average molecular weight is 559 g/mol. The van der Waals surface area contributed by atoms with E-state index in [0.29, 0.717) is 11.6 Å². The Hall–Kier alpha value is -4.49. The van der Waals surface area contributed by atoms with Gasteiger partial charge in [-0.15, -0.1) is 11.3 Å². The minimum absolute atomic E-state index is 0.536. The fourth-order valence-corrected chi connectivity index (χ4v) is 6.57. The van der Waals surface area contributed by atoms with Crippen LogP contribution in [0.1, 0.15) is 53.6 Å². The summed E-state index contributed by atoms with van der Waals surface area (Å²) in [6.45, 7) is 16.5. The van der Waals surface area contributed by atoms with E-state index in [1.54, 1.807) is 11.3 Å². The minimum atomic E-state index is 0.536. The van der Waals surface area contributed by atoms with Gasteiger partial charge >= 0.3 is 0 Å². The molecule has 41 heavy (non-hydrogen) atoms. The molecule has 0 unspecified atom stereocenters. The lowest BCUT2D eigenvalue weighted by molar-refractivity contribution is 0.649. The van der Waals surface area contributed by atoms with Crippen LogP contribution in [0.2, 0.25) is 0 Å². The van der Waals surface area contributed by atoms with Crippen molar-refractivity contribution in [1.82, 2.24) is 25.1 Å². The molecule has 5 aromatic rings. The topological polar surface area (TPSA) is 82.3 Å². The standard InChI is InChI=1S/C34H34N6S/c1-6-9-27(32-13-12-31(41-32)20(2)3)28-16-30(38-22(28)5)33-29-15-25(18-36-34(29)40-39-33)24-14-26(19-35-17-24)37-21(4)23-10-7-8-11-23/h6,9,12-19,23,37-38H,1-2,4,7-8,10-11H2,3,5H3,(H,36,39,40)/b27-9+. The Labute approximate surface area is 244 Å². The van der Waals surface area contributed by atoms with Gasteiger partial charge in [0.2, 0.25) is 0 Å². The summed E-state index contributed by atoms with van der Waals surface area (Å²) < 4.78 is 0. The molecule has 1 fully saturated rings. The molecule has 1 aliphatic rings. The number of rotatable bonds is 9. The maximum atomic E-state index is 4.66. The van der Waals surface area contributed by atoms with Crippen molar-refractivity contribution in [2.75, 3.05) is 5.32 Å². The van der Waals surface area contributed by atoms with Crippen molar-refractivity contribution in [1.29, 1.82) is 0 Å². The number of nitrogens with one attached hydrogen (secondary N) is 3. The second-order valence-corrected chi connectivity index (χ2v) is 11.9. The van der Waals surface area contributed by atoms with Gasteiger partial charge in [-0.3, -0.25) is 10.1 Å². The van der Waals surface area contributed by atoms with Gasteiger partial charge in [0.1, 0.15) is 0 Å². The number of hydrogen-bond donors (Lipinski definition) is 3. The van der Waals surface area contributed by atoms with Crippen LogP contribution >= 0.6 is 11.3 Å². The third-order valence-electron chi connectivity index (χ3n) is 7.79. The van der Waals surface area contributed by atoms with E-state index < -0.39 is 0 Å². The molecule has 1 aliphatic carbocycles. The van der Waals surface area contributed by atoms with Gasteiger partial charge in [0, 0.05) is 61.2 Å². The van der Waals surface area contributed by atoms with E-state index in [1.165, 1.54) is 35.4 Å². The number of hydrogen-bond acceptors (Lipinski definition) is 5. The Balaban J connectivity index is 1.33. The smallest absolute Gasteiger partial charge is 0.181 e. The summed E-state index contributed by atoms with van der Waals surface area (Å²) in [6, 6.07) is 10.7. The number of aromatic amines is 2. The zero-order chi connectivity index (χ0) is 28.5. The zero-order valence-electron chi connectivity index (χ0n) is 23.6. The molecule has 5 heterocycles. The first kappa shape index (κ1) is 26.7. The maximum Gasteiger partial charge on any atom is 0.181 e. The predicted molar refractivity (Wildman–Crippen MR) is 173 cm³/mol. The van der Waals surface area contributed by atoms with Gasteiger partial charge in [-0.1, -0.05) is 44.7 Å². The fourth-order valence-electron chi connectivity index (χ4n) is 5.60. The van der Waals surface area contributed by atoms with Crippen LogP contribution in [0.3, 0.4) is 0 Å². The normalized spacial score (nSPS) is 14.0. The number of pyridine rings is 2. The fraction of sp³-hybridized carbons (Fsp3) is 0.206. The molecule has 1 saturated carbocycles. The van der Waals surface area contributed by atoms with Gasteiger partial charge in [0.25, 0.3) is 0 Å². The van der Waals surface area contributed by atoms with E-state index in [9.17, 15) is 0 Å². The van der Waals surface area contributed by atoms with Crippen LogP contribution in [0.4, 0.5) is 5.69 Å². The van der Waals surface area contributed by atoms with Crippen molar-refractivity contribution in [2.24, 2.45) is 5.92 Å². The van der Waals surface area contributed by atoms with Crippen molar-refractivity contribution in [2.45, 2.75) is 39.5 Å². The molecule has 5 aromatic heterocycles. The third-order valence-corrected chi connectivity index (χ3v) is 9.07. The molecule has 0 atom stereocenters. The van der Waals surface area contributed by atoms with Crippen molar-refractivity contribution in [3.05, 3.63) is 108 Å². The molecule has 206 valence electrons. The van der Waals surface area contributed by atoms with Crippen LogP contribution in [0, 0.1) is 12.8 Å². The largest absolute Gasteiger partial charge is 0.358 e. The number of fused-ring (bicyclic) bond motifs is 1. The second-order valence-electron chi connectivity index (χ2n) is 10.8. The summed E-state index contributed by atoms with van der Waals surface area (Å²) in [5, 5.41) is 12.2. The minimum Gasteiger partial charge on any atom is -0.358 e. The van der Waals surface area contributed by atoms with Crippen LogP contribution in [0.5, 0.6) is 0 Å². The molecule has 7 heteroatoms. The lowest BCUT2D eigenvalue weighted by atomic mass is 10.0. The number of aromatic nitrogens is 5. The molecular weight excluding hydrogens is 524 g/mol. The van der Waals surface area contributed by atoms with E-state index in [-0.39, 0.29) is 0 Å². The van der Waals surface area contributed by atoms with Crippen LogP contribution in [0.15, 0.2) is 86.5 Å². The molecule has 0 spiro atoms. The first-order valence-electron chi connectivity index (χ1n) is 14.0. The monoisotopic (exact) mass is 558 g/mol. The first-order chi connectivity index (χ1) is 19.9. The Morgan fingerprint density at radius 1 is 1.05 bits per heavy atom. The number of aryl methyl sites for hydroxylation is 1. The summed E-state index contributed by atoms with van der Waals surface area (Å²) in [4.78, 5) is 15.1. The molecular formula is C34H34N6S. The molecule has 0 saturated heterocycles. The van der Waals surface area contributed by atoms with Crippen LogP contribution in [-0.4, -0.2) is 25.1 Å². The number of anilines is 1. The number of H-pyrrole nitrogens is 2. The Morgan fingerprint density at radius 2 is 1.83 bits per heavy atom. The highest BCUT2D eigenvalue weighted by molar-refractivity contribution is 7.14. The summed E-state index contributed by atoms with van der Waals surface area (Å²) >= 11 is 1.74. The quantitative estimate of drug-likeness (QED) is 0.158. The van der Waals surface area contributed by atoms with E-state index >= 15 is 0 Å². The van der Waals surface area contributed by atoms with Gasteiger partial charge in [-0.05, 0) is 68.5 Å². The molecule has 6 nitrogen and oxygen atoms in total.